The van der Waals surface area contributed by atoms with Gasteiger partial charge in [-0.15, -0.1) is 5.10 Å². The van der Waals surface area contributed by atoms with E-state index in [1.165, 1.54) is 24.3 Å². The molecule has 4 aromatic rings. The normalized spacial score (nSPS) is 11.6. The van der Waals surface area contributed by atoms with Crippen LogP contribution in [0, 0.1) is 0 Å². The first-order chi connectivity index (χ1) is 12.9. The van der Waals surface area contributed by atoms with E-state index >= 15 is 0 Å². The van der Waals surface area contributed by atoms with Crippen molar-refractivity contribution >= 4 is 32.7 Å². The third kappa shape index (κ3) is 3.44. The van der Waals surface area contributed by atoms with Gasteiger partial charge >= 0.3 is 6.01 Å². The number of fused-ring (bicyclic) bond motifs is 1. The molecular formula is C18H13N3O5S. The summed E-state index contributed by atoms with van der Waals surface area (Å²) in [5.74, 6) is 0.0190. The fourth-order valence-electron chi connectivity index (χ4n) is 2.48. The topological polar surface area (TPSA) is 115 Å². The zero-order valence-electron chi connectivity index (χ0n) is 14.0. The molecule has 4 rings (SSSR count). The first-order valence-electron chi connectivity index (χ1n) is 7.84. The molecular weight excluding hydrogens is 370 g/mol. The third-order valence-electron chi connectivity index (χ3n) is 3.83. The summed E-state index contributed by atoms with van der Waals surface area (Å²) >= 11 is 0. The number of amides is 1. The molecule has 0 aliphatic carbocycles. The van der Waals surface area contributed by atoms with Crippen LogP contribution in [0.15, 0.2) is 68.3 Å². The number of hydrogen-bond acceptors (Lipinski definition) is 7. The standard InChI is InChI=1S/C18H13N3O5S/c1-27(23,24)13-8-6-11(7-9-13)16(22)19-18-21-20-17(26-18)15-10-12-4-2-3-5-14(12)25-15/h2-10H,1H3,(H,19,21,22). The minimum absolute atomic E-state index is 0.0948. The Kier molecular flexibility index (Phi) is 4.00. The minimum atomic E-state index is -3.33. The summed E-state index contributed by atoms with van der Waals surface area (Å²) in [6, 6.07) is 14.6. The van der Waals surface area contributed by atoms with E-state index in [0.29, 0.717) is 11.3 Å². The van der Waals surface area contributed by atoms with Crippen LogP contribution in [-0.4, -0.2) is 30.8 Å². The fourth-order valence-corrected chi connectivity index (χ4v) is 3.11. The van der Waals surface area contributed by atoms with Crippen molar-refractivity contribution in [1.29, 1.82) is 0 Å². The maximum absolute atomic E-state index is 12.2. The van der Waals surface area contributed by atoms with Gasteiger partial charge in [-0.25, -0.2) is 8.42 Å². The number of nitrogens with zero attached hydrogens (tertiary/aromatic N) is 2. The van der Waals surface area contributed by atoms with E-state index in [1.807, 2.05) is 24.3 Å². The van der Waals surface area contributed by atoms with Crippen molar-refractivity contribution < 1.29 is 22.0 Å². The number of para-hydroxylation sites is 1. The smallest absolute Gasteiger partial charge is 0.322 e. The van der Waals surface area contributed by atoms with Crippen molar-refractivity contribution in [2.45, 2.75) is 4.90 Å². The Hall–Kier alpha value is -3.46. The number of nitrogens with one attached hydrogen (secondary N) is 1. The van der Waals surface area contributed by atoms with Crippen LogP contribution in [0.5, 0.6) is 0 Å². The molecule has 0 unspecified atom stereocenters. The highest BCUT2D eigenvalue weighted by Gasteiger charge is 2.16. The maximum atomic E-state index is 12.2. The van der Waals surface area contributed by atoms with Crippen molar-refractivity contribution in [1.82, 2.24) is 10.2 Å². The number of carbonyl (C=O) groups is 1. The lowest BCUT2D eigenvalue weighted by molar-refractivity contribution is 0.102. The molecule has 0 saturated carbocycles. The average molecular weight is 383 g/mol. The number of sulfone groups is 1. The zero-order valence-corrected chi connectivity index (χ0v) is 14.9. The van der Waals surface area contributed by atoms with Gasteiger partial charge in [-0.3, -0.25) is 10.1 Å². The van der Waals surface area contributed by atoms with Crippen molar-refractivity contribution in [3.05, 3.63) is 60.2 Å². The summed E-state index contributed by atoms with van der Waals surface area (Å²) in [6.07, 6.45) is 1.10. The van der Waals surface area contributed by atoms with Gasteiger partial charge in [0.15, 0.2) is 15.6 Å². The van der Waals surface area contributed by atoms with Gasteiger partial charge < -0.3 is 8.83 Å². The van der Waals surface area contributed by atoms with E-state index in [2.05, 4.69) is 15.5 Å². The number of benzene rings is 2. The van der Waals surface area contributed by atoms with Gasteiger partial charge in [0.2, 0.25) is 0 Å². The molecule has 136 valence electrons. The van der Waals surface area contributed by atoms with Crippen LogP contribution in [0.4, 0.5) is 6.01 Å². The van der Waals surface area contributed by atoms with Crippen molar-refractivity contribution in [3.63, 3.8) is 0 Å². The van der Waals surface area contributed by atoms with E-state index in [4.69, 9.17) is 8.83 Å². The summed E-state index contributed by atoms with van der Waals surface area (Å²) in [4.78, 5) is 12.4. The lowest BCUT2D eigenvalue weighted by atomic mass is 10.2. The van der Waals surface area contributed by atoms with Gasteiger partial charge in [0.1, 0.15) is 5.58 Å². The molecule has 8 nitrogen and oxygen atoms in total. The zero-order chi connectivity index (χ0) is 19.0. The third-order valence-corrected chi connectivity index (χ3v) is 4.95. The van der Waals surface area contributed by atoms with Gasteiger partial charge in [-0.05, 0) is 36.4 Å². The van der Waals surface area contributed by atoms with Crippen LogP contribution in [0.25, 0.3) is 22.6 Å². The Balaban J connectivity index is 1.52. The first kappa shape index (κ1) is 17.0. The molecule has 1 N–H and O–H groups in total. The summed E-state index contributed by atoms with van der Waals surface area (Å²) in [5, 5.41) is 11.0. The Morgan fingerprint density at radius 2 is 1.74 bits per heavy atom. The SMILES string of the molecule is CS(=O)(=O)c1ccc(C(=O)Nc2nnc(-c3cc4ccccc4o3)o2)cc1. The largest absolute Gasteiger partial charge is 0.451 e. The number of furan rings is 1. The van der Waals surface area contributed by atoms with Crippen LogP contribution in [-0.2, 0) is 9.84 Å². The molecule has 0 spiro atoms. The van der Waals surface area contributed by atoms with Gasteiger partial charge in [0, 0.05) is 17.2 Å². The van der Waals surface area contributed by atoms with Crippen LogP contribution >= 0.6 is 0 Å². The van der Waals surface area contributed by atoms with Crippen molar-refractivity contribution in [3.8, 4) is 11.7 Å². The van der Waals surface area contributed by atoms with Crippen molar-refractivity contribution in [2.24, 2.45) is 0 Å². The molecule has 1 amide bonds. The second-order valence-corrected chi connectivity index (χ2v) is 7.83. The van der Waals surface area contributed by atoms with E-state index in [9.17, 15) is 13.2 Å². The molecule has 2 aromatic heterocycles. The van der Waals surface area contributed by atoms with E-state index in [1.54, 1.807) is 6.07 Å². The van der Waals surface area contributed by atoms with Gasteiger partial charge in [-0.1, -0.05) is 23.3 Å². The summed E-state index contributed by atoms with van der Waals surface area (Å²) in [7, 11) is -3.33. The number of anilines is 1. The Morgan fingerprint density at radius 3 is 2.44 bits per heavy atom. The molecule has 27 heavy (non-hydrogen) atoms. The summed E-state index contributed by atoms with van der Waals surface area (Å²) in [5.41, 5.74) is 0.938. The van der Waals surface area contributed by atoms with E-state index in [0.717, 1.165) is 11.6 Å². The van der Waals surface area contributed by atoms with Crippen LogP contribution in [0.2, 0.25) is 0 Å². The number of carbonyl (C=O) groups excluding carboxylic acids is 1. The number of rotatable bonds is 4. The predicted molar refractivity (Wildman–Crippen MR) is 97.0 cm³/mol. The molecule has 0 bridgehead atoms. The molecule has 0 aliphatic rings. The Morgan fingerprint density at radius 1 is 1.00 bits per heavy atom. The summed E-state index contributed by atoms with van der Waals surface area (Å²) in [6.45, 7) is 0. The highest BCUT2D eigenvalue weighted by Crippen LogP contribution is 2.27. The maximum Gasteiger partial charge on any atom is 0.322 e. The predicted octanol–water partition coefficient (Wildman–Crippen LogP) is 3.14. The molecule has 0 saturated heterocycles. The van der Waals surface area contributed by atoms with E-state index in [-0.39, 0.29) is 22.4 Å². The van der Waals surface area contributed by atoms with Crippen LogP contribution < -0.4 is 5.32 Å². The molecule has 0 fully saturated rings. The minimum Gasteiger partial charge on any atom is -0.451 e. The molecule has 9 heteroatoms. The second-order valence-electron chi connectivity index (χ2n) is 5.81. The summed E-state index contributed by atoms with van der Waals surface area (Å²) < 4.78 is 34.0. The van der Waals surface area contributed by atoms with Gasteiger partial charge in [-0.2, -0.15) is 0 Å². The first-order valence-corrected chi connectivity index (χ1v) is 9.73. The quantitative estimate of drug-likeness (QED) is 0.575. The molecule has 0 radical (unpaired) electrons. The average Bonchev–Trinajstić information content (AvgIpc) is 3.27. The Labute approximate surface area is 153 Å². The number of aromatic nitrogens is 2. The Bertz CT molecular complexity index is 1210. The van der Waals surface area contributed by atoms with E-state index < -0.39 is 15.7 Å². The fraction of sp³-hybridized carbons (Fsp3) is 0.0556. The molecule has 2 heterocycles. The van der Waals surface area contributed by atoms with Crippen molar-refractivity contribution in [2.75, 3.05) is 11.6 Å². The van der Waals surface area contributed by atoms with Gasteiger partial charge in [0.05, 0.1) is 4.90 Å². The number of hydrogen-bond donors (Lipinski definition) is 1. The monoisotopic (exact) mass is 383 g/mol. The second kappa shape index (κ2) is 6.36. The van der Waals surface area contributed by atoms with Crippen LogP contribution in [0.3, 0.4) is 0 Å². The highest BCUT2D eigenvalue weighted by atomic mass is 32.2. The van der Waals surface area contributed by atoms with Gasteiger partial charge in [0.25, 0.3) is 11.8 Å². The molecule has 0 aliphatic heterocycles. The molecule has 0 atom stereocenters. The highest BCUT2D eigenvalue weighted by molar-refractivity contribution is 7.90. The molecule has 2 aromatic carbocycles. The lowest BCUT2D eigenvalue weighted by Gasteiger charge is -2.02. The lowest BCUT2D eigenvalue weighted by Crippen LogP contribution is -2.12. The van der Waals surface area contributed by atoms with Crippen LogP contribution in [0.1, 0.15) is 10.4 Å².